The van der Waals surface area contributed by atoms with Crippen LogP contribution in [0.5, 0.6) is 11.5 Å². The van der Waals surface area contributed by atoms with Crippen molar-refractivity contribution >= 4 is 17.9 Å². The van der Waals surface area contributed by atoms with Gasteiger partial charge in [0, 0.05) is 25.2 Å². The van der Waals surface area contributed by atoms with E-state index in [1.54, 1.807) is 29.2 Å². The zero-order valence-electron chi connectivity index (χ0n) is 23.0. The molecular formula is C31H35N3O6. The number of hydrogen-bond acceptors (Lipinski definition) is 6. The van der Waals surface area contributed by atoms with E-state index in [1.807, 2.05) is 39.0 Å². The van der Waals surface area contributed by atoms with E-state index < -0.39 is 17.6 Å². The third-order valence-corrected chi connectivity index (χ3v) is 6.53. The van der Waals surface area contributed by atoms with Crippen molar-refractivity contribution in [1.82, 2.24) is 15.7 Å². The van der Waals surface area contributed by atoms with Crippen molar-refractivity contribution in [3.8, 4) is 11.5 Å². The predicted molar refractivity (Wildman–Crippen MR) is 150 cm³/mol. The number of alkyl carbamates (subject to hydrolysis) is 1. The van der Waals surface area contributed by atoms with E-state index in [0.29, 0.717) is 30.9 Å². The third kappa shape index (κ3) is 7.75. The fraction of sp³-hybridized carbons (Fsp3) is 0.323. The number of benzene rings is 3. The standard InChI is InChI=1S/C31H35N3O6/c1-31(2,3)39-30(38)32-20-21-8-7-9-23(18-21)22-14-16-34(17-15-22)29(37)24-12-13-26(27(35)19-24)28(36)33-40-25-10-5-4-6-11-25/h4-13,18-19,22,35H,14-17,20H2,1-3H3,(H,32,38)(H,33,36). The zero-order chi connectivity index (χ0) is 28.7. The molecule has 0 bridgehead atoms. The number of carbonyl (C=O) groups is 3. The van der Waals surface area contributed by atoms with Gasteiger partial charge in [0.25, 0.3) is 11.8 Å². The maximum absolute atomic E-state index is 13.1. The molecule has 1 aliphatic heterocycles. The van der Waals surface area contributed by atoms with Gasteiger partial charge in [-0.15, -0.1) is 0 Å². The summed E-state index contributed by atoms with van der Waals surface area (Å²) in [5, 5.41) is 13.2. The minimum absolute atomic E-state index is 0.00669. The van der Waals surface area contributed by atoms with Crippen molar-refractivity contribution in [2.24, 2.45) is 0 Å². The molecule has 1 fully saturated rings. The number of aromatic hydroxyl groups is 1. The molecule has 210 valence electrons. The van der Waals surface area contributed by atoms with E-state index in [1.165, 1.54) is 23.8 Å². The van der Waals surface area contributed by atoms with Gasteiger partial charge in [-0.25, -0.2) is 4.79 Å². The van der Waals surface area contributed by atoms with Crippen LogP contribution in [0.25, 0.3) is 0 Å². The summed E-state index contributed by atoms with van der Waals surface area (Å²) in [6, 6.07) is 21.1. The number of nitrogens with zero attached hydrogens (tertiary/aromatic N) is 1. The number of rotatable bonds is 7. The second-order valence-electron chi connectivity index (χ2n) is 10.7. The molecule has 0 unspecified atom stereocenters. The van der Waals surface area contributed by atoms with Crippen LogP contribution in [0.15, 0.2) is 72.8 Å². The molecule has 9 heteroatoms. The molecule has 0 spiro atoms. The number of amides is 3. The van der Waals surface area contributed by atoms with Crippen LogP contribution >= 0.6 is 0 Å². The van der Waals surface area contributed by atoms with Gasteiger partial charge in [0.2, 0.25) is 0 Å². The Bertz CT molecular complexity index is 1340. The van der Waals surface area contributed by atoms with Gasteiger partial charge in [-0.2, -0.15) is 5.48 Å². The topological polar surface area (TPSA) is 117 Å². The smallest absolute Gasteiger partial charge is 0.407 e. The van der Waals surface area contributed by atoms with Gasteiger partial charge >= 0.3 is 6.09 Å². The molecule has 0 radical (unpaired) electrons. The molecule has 0 saturated carbocycles. The summed E-state index contributed by atoms with van der Waals surface area (Å²) in [6.45, 7) is 6.98. The summed E-state index contributed by atoms with van der Waals surface area (Å²) in [5.74, 6) is -0.378. The minimum atomic E-state index is -0.621. The third-order valence-electron chi connectivity index (χ3n) is 6.53. The average Bonchev–Trinajstić information content (AvgIpc) is 2.94. The molecule has 0 atom stereocenters. The molecule has 1 aliphatic rings. The average molecular weight is 546 g/mol. The highest BCUT2D eigenvalue weighted by Gasteiger charge is 2.26. The van der Waals surface area contributed by atoms with Crippen LogP contribution in [0.4, 0.5) is 4.79 Å². The molecule has 9 nitrogen and oxygen atoms in total. The first-order chi connectivity index (χ1) is 19.1. The van der Waals surface area contributed by atoms with Gasteiger partial charge < -0.3 is 24.9 Å². The molecular weight excluding hydrogens is 510 g/mol. The number of para-hydroxylation sites is 1. The first-order valence-electron chi connectivity index (χ1n) is 13.3. The maximum Gasteiger partial charge on any atom is 0.407 e. The normalized spacial score (nSPS) is 13.8. The van der Waals surface area contributed by atoms with Crippen molar-refractivity contribution < 1.29 is 29.1 Å². The summed E-state index contributed by atoms with van der Waals surface area (Å²) in [7, 11) is 0. The van der Waals surface area contributed by atoms with Crippen LogP contribution in [0.2, 0.25) is 0 Å². The first-order valence-corrected chi connectivity index (χ1v) is 13.3. The Hall–Kier alpha value is -4.53. The van der Waals surface area contributed by atoms with Crippen LogP contribution < -0.4 is 15.6 Å². The molecule has 3 N–H and O–H groups in total. The second-order valence-corrected chi connectivity index (χ2v) is 10.7. The zero-order valence-corrected chi connectivity index (χ0v) is 23.0. The van der Waals surface area contributed by atoms with Gasteiger partial charge in [-0.05, 0) is 81.0 Å². The summed E-state index contributed by atoms with van der Waals surface area (Å²) < 4.78 is 5.30. The van der Waals surface area contributed by atoms with Crippen molar-refractivity contribution in [2.75, 3.05) is 13.1 Å². The van der Waals surface area contributed by atoms with Gasteiger partial charge in [-0.1, -0.05) is 42.5 Å². The van der Waals surface area contributed by atoms with Gasteiger partial charge in [-0.3, -0.25) is 9.59 Å². The Morgan fingerprint density at radius 1 is 0.950 bits per heavy atom. The number of phenolic OH excluding ortho intramolecular Hbond substituents is 1. The van der Waals surface area contributed by atoms with Crippen molar-refractivity contribution in [3.05, 3.63) is 95.1 Å². The lowest BCUT2D eigenvalue weighted by molar-refractivity contribution is 0.0523. The van der Waals surface area contributed by atoms with E-state index in [2.05, 4.69) is 22.9 Å². The number of hydrogen-bond donors (Lipinski definition) is 3. The number of likely N-dealkylation sites (tertiary alicyclic amines) is 1. The Labute approximate surface area is 234 Å². The van der Waals surface area contributed by atoms with Gasteiger partial charge in [0.05, 0.1) is 5.56 Å². The SMILES string of the molecule is CC(C)(C)OC(=O)NCc1cccc(C2CCN(C(=O)c3ccc(C(=O)NOc4ccccc4)c(O)c3)CC2)c1. The largest absolute Gasteiger partial charge is 0.507 e. The summed E-state index contributed by atoms with van der Waals surface area (Å²) in [5.41, 5.74) is 4.21. The molecule has 0 aromatic heterocycles. The van der Waals surface area contributed by atoms with E-state index in [-0.39, 0.29) is 23.1 Å². The van der Waals surface area contributed by atoms with Gasteiger partial charge in [0.1, 0.15) is 11.4 Å². The highest BCUT2D eigenvalue weighted by Crippen LogP contribution is 2.30. The van der Waals surface area contributed by atoms with Crippen molar-refractivity contribution in [3.63, 3.8) is 0 Å². The fourth-order valence-electron chi connectivity index (χ4n) is 4.55. The fourth-order valence-corrected chi connectivity index (χ4v) is 4.55. The second kappa shape index (κ2) is 12.5. The predicted octanol–water partition coefficient (Wildman–Crippen LogP) is 5.16. The van der Waals surface area contributed by atoms with E-state index in [9.17, 15) is 19.5 Å². The number of nitrogens with one attached hydrogen (secondary N) is 2. The van der Waals surface area contributed by atoms with Crippen molar-refractivity contribution in [1.29, 1.82) is 0 Å². The Balaban J connectivity index is 1.30. The van der Waals surface area contributed by atoms with Crippen LogP contribution in [-0.2, 0) is 11.3 Å². The van der Waals surface area contributed by atoms with Crippen LogP contribution in [0.1, 0.15) is 71.4 Å². The van der Waals surface area contributed by atoms with Gasteiger partial charge in [0.15, 0.2) is 5.75 Å². The quantitative estimate of drug-likeness (QED) is 0.353. The highest BCUT2D eigenvalue weighted by atomic mass is 16.7. The Morgan fingerprint density at radius 3 is 2.35 bits per heavy atom. The molecule has 1 heterocycles. The Kier molecular flexibility index (Phi) is 8.93. The maximum atomic E-state index is 13.1. The lowest BCUT2D eigenvalue weighted by Gasteiger charge is -2.32. The molecule has 3 amide bonds. The number of piperidine rings is 1. The molecule has 4 rings (SSSR count). The van der Waals surface area contributed by atoms with Crippen molar-refractivity contribution in [2.45, 2.75) is 51.7 Å². The molecule has 3 aromatic carbocycles. The number of ether oxygens (including phenoxy) is 1. The molecule has 40 heavy (non-hydrogen) atoms. The molecule has 3 aromatic rings. The lowest BCUT2D eigenvalue weighted by Crippen LogP contribution is -2.38. The van der Waals surface area contributed by atoms with Crippen LogP contribution in [0.3, 0.4) is 0 Å². The highest BCUT2D eigenvalue weighted by molar-refractivity contribution is 5.99. The Morgan fingerprint density at radius 2 is 1.68 bits per heavy atom. The first kappa shape index (κ1) is 28.5. The monoisotopic (exact) mass is 545 g/mol. The minimum Gasteiger partial charge on any atom is -0.507 e. The summed E-state index contributed by atoms with van der Waals surface area (Å²) in [6.07, 6.45) is 1.13. The van der Waals surface area contributed by atoms with Crippen LogP contribution in [-0.4, -0.2) is 46.6 Å². The summed E-state index contributed by atoms with van der Waals surface area (Å²) >= 11 is 0. The summed E-state index contributed by atoms with van der Waals surface area (Å²) in [4.78, 5) is 44.5. The number of carbonyl (C=O) groups excluding carboxylic acids is 3. The molecule has 0 aliphatic carbocycles. The lowest BCUT2D eigenvalue weighted by atomic mass is 9.88. The van der Waals surface area contributed by atoms with Crippen LogP contribution in [0, 0.1) is 0 Å². The van der Waals surface area contributed by atoms with E-state index in [0.717, 1.165) is 18.4 Å². The number of phenols is 1. The van der Waals surface area contributed by atoms with E-state index in [4.69, 9.17) is 9.57 Å². The molecule has 1 saturated heterocycles. The van der Waals surface area contributed by atoms with E-state index >= 15 is 0 Å². The number of hydroxylamine groups is 1.